The maximum atomic E-state index is 13.6. The summed E-state index contributed by atoms with van der Waals surface area (Å²) in [6.45, 7) is 0.809. The number of halogens is 7. The van der Waals surface area contributed by atoms with Gasteiger partial charge in [-0.1, -0.05) is 0 Å². The number of benzene rings is 2. The quantitative estimate of drug-likeness (QED) is 0.454. The highest BCUT2D eigenvalue weighted by molar-refractivity contribution is 6.67. The van der Waals surface area contributed by atoms with Crippen LogP contribution in [0.1, 0.15) is 5.56 Å². The molecule has 0 heterocycles. The van der Waals surface area contributed by atoms with Gasteiger partial charge in [0.25, 0.3) is 0 Å². The average Bonchev–Trinajstić information content (AvgIpc) is 2.44. The van der Waals surface area contributed by atoms with E-state index in [4.69, 9.17) is 0 Å². The number of rotatable bonds is 2. The second-order valence-electron chi connectivity index (χ2n) is 4.23. The molecule has 0 aliphatic carbocycles. The SMILES string of the molecule is Cc1c(F)c(F)c([B]c2cc(F)cc(F)c2F)c(F)c1F. The lowest BCUT2D eigenvalue weighted by atomic mass is 9.63. The Bertz CT molecular complexity index is 698. The van der Waals surface area contributed by atoms with E-state index in [0.29, 0.717) is 6.07 Å². The maximum Gasteiger partial charge on any atom is 0.203 e. The molecule has 0 aliphatic rings. The van der Waals surface area contributed by atoms with Crippen LogP contribution in [0, 0.1) is 47.6 Å². The van der Waals surface area contributed by atoms with E-state index in [9.17, 15) is 30.7 Å². The van der Waals surface area contributed by atoms with Gasteiger partial charge in [-0.3, -0.25) is 0 Å². The van der Waals surface area contributed by atoms with Crippen LogP contribution in [0.15, 0.2) is 12.1 Å². The molecule has 0 spiro atoms. The van der Waals surface area contributed by atoms with Crippen LogP contribution < -0.4 is 10.9 Å². The van der Waals surface area contributed by atoms with Gasteiger partial charge in [-0.25, -0.2) is 30.7 Å². The summed E-state index contributed by atoms with van der Waals surface area (Å²) in [6, 6.07) is 0.655. The van der Waals surface area contributed by atoms with Crippen molar-refractivity contribution in [2.24, 2.45) is 0 Å². The summed E-state index contributed by atoms with van der Waals surface area (Å²) in [5.41, 5.74) is -3.04. The van der Waals surface area contributed by atoms with Crippen LogP contribution in [0.3, 0.4) is 0 Å². The Hall–Kier alpha value is -1.99. The van der Waals surface area contributed by atoms with E-state index in [1.54, 1.807) is 0 Å². The van der Waals surface area contributed by atoms with Crippen LogP contribution in [0.25, 0.3) is 0 Å². The molecule has 0 fully saturated rings. The van der Waals surface area contributed by atoms with Crippen molar-refractivity contribution in [1.29, 1.82) is 0 Å². The summed E-state index contributed by atoms with van der Waals surface area (Å²) in [5.74, 6) is -11.3. The maximum absolute atomic E-state index is 13.6. The molecule has 0 N–H and O–H groups in total. The average molecular weight is 305 g/mol. The van der Waals surface area contributed by atoms with Gasteiger partial charge in [0.05, 0.1) is 0 Å². The van der Waals surface area contributed by atoms with Gasteiger partial charge in [-0.15, -0.1) is 0 Å². The van der Waals surface area contributed by atoms with Gasteiger partial charge < -0.3 is 0 Å². The predicted molar refractivity (Wildman–Crippen MR) is 62.3 cm³/mol. The molecule has 0 atom stereocenters. The molecule has 0 aromatic heterocycles. The smallest absolute Gasteiger partial charge is 0.203 e. The zero-order chi connectivity index (χ0) is 15.9. The van der Waals surface area contributed by atoms with Gasteiger partial charge in [-0.2, -0.15) is 0 Å². The topological polar surface area (TPSA) is 0 Å². The Morgan fingerprint density at radius 3 is 1.76 bits per heavy atom. The fourth-order valence-electron chi connectivity index (χ4n) is 1.72. The molecular formula is C13H5BF7. The predicted octanol–water partition coefficient (Wildman–Crippen LogP) is 2.62. The first-order valence-corrected chi connectivity index (χ1v) is 5.55. The third kappa shape index (κ3) is 2.62. The molecule has 2 rings (SSSR count). The summed E-state index contributed by atoms with van der Waals surface area (Å²) in [5, 5.41) is 0. The van der Waals surface area contributed by atoms with Gasteiger partial charge in [-0.05, 0) is 23.9 Å². The van der Waals surface area contributed by atoms with Crippen molar-refractivity contribution in [3.8, 4) is 0 Å². The van der Waals surface area contributed by atoms with Crippen molar-refractivity contribution < 1.29 is 30.7 Å². The molecule has 109 valence electrons. The zero-order valence-electron chi connectivity index (χ0n) is 10.4. The molecular weight excluding hydrogens is 300 g/mol. The van der Waals surface area contributed by atoms with E-state index >= 15 is 0 Å². The van der Waals surface area contributed by atoms with E-state index < -0.39 is 57.2 Å². The summed E-state index contributed by atoms with van der Waals surface area (Å²) < 4.78 is 93.3. The minimum Gasteiger partial charge on any atom is -0.207 e. The molecule has 2 aromatic carbocycles. The van der Waals surface area contributed by atoms with Crippen molar-refractivity contribution in [2.75, 3.05) is 0 Å². The summed E-state index contributed by atoms with van der Waals surface area (Å²) in [6.07, 6.45) is 0. The Morgan fingerprint density at radius 1 is 0.714 bits per heavy atom. The normalized spacial score (nSPS) is 10.9. The van der Waals surface area contributed by atoms with Crippen LogP contribution >= 0.6 is 0 Å². The Morgan fingerprint density at radius 2 is 1.24 bits per heavy atom. The fourth-order valence-corrected chi connectivity index (χ4v) is 1.72. The molecule has 8 heteroatoms. The molecule has 0 bridgehead atoms. The van der Waals surface area contributed by atoms with Crippen molar-refractivity contribution >= 4 is 18.2 Å². The first-order valence-electron chi connectivity index (χ1n) is 5.55. The van der Waals surface area contributed by atoms with Crippen molar-refractivity contribution in [1.82, 2.24) is 0 Å². The Kier molecular flexibility index (Phi) is 3.98. The molecule has 0 saturated carbocycles. The van der Waals surface area contributed by atoms with Crippen LogP contribution in [0.2, 0.25) is 0 Å². The first-order chi connectivity index (χ1) is 9.73. The van der Waals surface area contributed by atoms with Gasteiger partial charge >= 0.3 is 0 Å². The highest BCUT2D eigenvalue weighted by Gasteiger charge is 2.25. The molecule has 0 amide bonds. The largest absolute Gasteiger partial charge is 0.207 e. The lowest BCUT2D eigenvalue weighted by molar-refractivity contribution is 0.454. The van der Waals surface area contributed by atoms with E-state index in [-0.39, 0.29) is 13.3 Å². The van der Waals surface area contributed by atoms with Gasteiger partial charge in [0.15, 0.2) is 34.9 Å². The minimum atomic E-state index is -1.78. The molecule has 2 aromatic rings. The second-order valence-corrected chi connectivity index (χ2v) is 4.23. The van der Waals surface area contributed by atoms with E-state index in [2.05, 4.69) is 0 Å². The molecule has 0 unspecified atom stereocenters. The number of hydrogen-bond acceptors (Lipinski definition) is 0. The summed E-state index contributed by atoms with van der Waals surface area (Å²) >= 11 is 0. The van der Waals surface area contributed by atoms with Gasteiger partial charge in [0, 0.05) is 11.6 Å². The second kappa shape index (κ2) is 5.42. The Balaban J connectivity index is 2.60. The van der Waals surface area contributed by atoms with Gasteiger partial charge in [0.1, 0.15) is 5.82 Å². The van der Waals surface area contributed by atoms with Crippen LogP contribution in [0.4, 0.5) is 30.7 Å². The van der Waals surface area contributed by atoms with Crippen LogP contribution in [-0.4, -0.2) is 7.28 Å². The van der Waals surface area contributed by atoms with Crippen LogP contribution in [0.5, 0.6) is 0 Å². The van der Waals surface area contributed by atoms with Crippen molar-refractivity contribution in [3.05, 3.63) is 58.4 Å². The molecule has 0 saturated heterocycles. The molecule has 0 nitrogen and oxygen atoms in total. The zero-order valence-corrected chi connectivity index (χ0v) is 10.4. The highest BCUT2D eigenvalue weighted by Crippen LogP contribution is 2.16. The summed E-state index contributed by atoms with van der Waals surface area (Å²) in [7, 11) is 0.289. The van der Waals surface area contributed by atoms with Crippen molar-refractivity contribution in [3.63, 3.8) is 0 Å². The lowest BCUT2D eigenvalue weighted by Gasteiger charge is -2.10. The highest BCUT2D eigenvalue weighted by atomic mass is 19.2. The van der Waals surface area contributed by atoms with Crippen LogP contribution in [-0.2, 0) is 0 Å². The summed E-state index contributed by atoms with van der Waals surface area (Å²) in [4.78, 5) is 0. The third-order valence-corrected chi connectivity index (χ3v) is 2.84. The lowest BCUT2D eigenvalue weighted by Crippen LogP contribution is -2.37. The van der Waals surface area contributed by atoms with E-state index in [0.717, 1.165) is 6.92 Å². The number of hydrogen-bond donors (Lipinski definition) is 0. The van der Waals surface area contributed by atoms with Gasteiger partial charge in [0.2, 0.25) is 7.28 Å². The fraction of sp³-hybridized carbons (Fsp3) is 0.0769. The van der Waals surface area contributed by atoms with Crippen molar-refractivity contribution in [2.45, 2.75) is 6.92 Å². The first kappa shape index (κ1) is 15.4. The minimum absolute atomic E-state index is 0.218. The third-order valence-electron chi connectivity index (χ3n) is 2.84. The Labute approximate surface area is 115 Å². The standard InChI is InChI=1S/C13H5BF7/c1-4-9(17)12(20)8(13(21)10(4)18)14-6-2-5(15)3-7(16)11(6)19/h2-3H,1H3. The van der Waals surface area contributed by atoms with E-state index in [1.807, 2.05) is 0 Å². The monoisotopic (exact) mass is 305 g/mol. The molecule has 1 radical (unpaired) electrons. The van der Waals surface area contributed by atoms with E-state index in [1.165, 1.54) is 0 Å². The molecule has 0 aliphatic heterocycles. The molecule has 21 heavy (non-hydrogen) atoms.